The van der Waals surface area contributed by atoms with Gasteiger partial charge in [0.15, 0.2) is 5.78 Å². The molecule has 6 heteroatoms. The predicted molar refractivity (Wildman–Crippen MR) is 88.3 cm³/mol. The van der Waals surface area contributed by atoms with Gasteiger partial charge in [0, 0.05) is 15.8 Å². The van der Waals surface area contributed by atoms with Crippen LogP contribution in [0.25, 0.3) is 10.2 Å². The number of fused-ring (bicyclic) bond motifs is 1. The van der Waals surface area contributed by atoms with E-state index in [1.165, 1.54) is 30.2 Å². The number of thioether (sulfide) groups is 1. The Balaban J connectivity index is 1.78. The van der Waals surface area contributed by atoms with Crippen LogP contribution < -0.4 is 0 Å². The number of hydrogen-bond donors (Lipinski definition) is 0. The fourth-order valence-electron chi connectivity index (χ4n) is 2.10. The molecule has 0 aliphatic carbocycles. The second-order valence-corrected chi connectivity index (χ2v) is 7.13. The highest BCUT2D eigenvalue weighted by molar-refractivity contribution is 8.00. The number of aryl methyl sites for hydroxylation is 2. The van der Waals surface area contributed by atoms with Crippen LogP contribution in [0.3, 0.4) is 0 Å². The SMILES string of the molecule is Cc1cc2c(SCC(=O)c3ccc(F)c(C)c3)ncnc2s1. The number of benzene rings is 1. The number of halogens is 1. The number of Topliss-reactive ketones (excluding diaryl/α,β-unsaturated/α-hetero) is 1. The van der Waals surface area contributed by atoms with Crippen molar-refractivity contribution in [1.29, 1.82) is 0 Å². The number of hydrogen-bond acceptors (Lipinski definition) is 5. The third-order valence-electron chi connectivity index (χ3n) is 3.24. The molecule has 1 aromatic carbocycles. The largest absolute Gasteiger partial charge is 0.293 e. The first-order chi connectivity index (χ1) is 10.5. The van der Waals surface area contributed by atoms with Crippen molar-refractivity contribution in [3.63, 3.8) is 0 Å². The lowest BCUT2D eigenvalue weighted by Gasteiger charge is -2.04. The Labute approximate surface area is 135 Å². The van der Waals surface area contributed by atoms with Crippen molar-refractivity contribution in [1.82, 2.24) is 9.97 Å². The number of nitrogens with zero attached hydrogens (tertiary/aromatic N) is 2. The van der Waals surface area contributed by atoms with E-state index in [-0.39, 0.29) is 17.4 Å². The van der Waals surface area contributed by atoms with E-state index >= 15 is 0 Å². The van der Waals surface area contributed by atoms with Gasteiger partial charge >= 0.3 is 0 Å². The highest BCUT2D eigenvalue weighted by Gasteiger charge is 2.12. The summed E-state index contributed by atoms with van der Waals surface area (Å²) in [6.45, 7) is 3.68. The molecule has 0 amide bonds. The fourth-order valence-corrected chi connectivity index (χ4v) is 3.88. The molecule has 0 radical (unpaired) electrons. The summed E-state index contributed by atoms with van der Waals surface area (Å²) in [6, 6.07) is 6.48. The topological polar surface area (TPSA) is 42.9 Å². The van der Waals surface area contributed by atoms with Gasteiger partial charge < -0.3 is 0 Å². The number of thiophene rings is 1. The summed E-state index contributed by atoms with van der Waals surface area (Å²) in [7, 11) is 0. The van der Waals surface area contributed by atoms with E-state index in [1.807, 2.05) is 13.0 Å². The van der Waals surface area contributed by atoms with Gasteiger partial charge in [0.1, 0.15) is 22.0 Å². The Kier molecular flexibility index (Phi) is 4.22. The van der Waals surface area contributed by atoms with Crippen LogP contribution in [-0.2, 0) is 0 Å². The minimum Gasteiger partial charge on any atom is -0.293 e. The van der Waals surface area contributed by atoms with Crippen LogP contribution in [-0.4, -0.2) is 21.5 Å². The first kappa shape index (κ1) is 15.1. The Morgan fingerprint density at radius 2 is 2.09 bits per heavy atom. The third-order valence-corrected chi connectivity index (χ3v) is 5.20. The van der Waals surface area contributed by atoms with E-state index in [0.717, 1.165) is 20.1 Å². The van der Waals surface area contributed by atoms with Crippen LogP contribution in [0, 0.1) is 19.7 Å². The third kappa shape index (κ3) is 3.03. The molecule has 0 saturated heterocycles. The number of rotatable bonds is 4. The van der Waals surface area contributed by atoms with Crippen LogP contribution in [0.4, 0.5) is 4.39 Å². The van der Waals surface area contributed by atoms with Gasteiger partial charge in [-0.25, -0.2) is 14.4 Å². The Bertz CT molecular complexity index is 860. The minimum absolute atomic E-state index is 0.0354. The van der Waals surface area contributed by atoms with Gasteiger partial charge in [-0.3, -0.25) is 4.79 Å². The smallest absolute Gasteiger partial charge is 0.173 e. The van der Waals surface area contributed by atoms with Gasteiger partial charge in [0.05, 0.1) is 5.75 Å². The van der Waals surface area contributed by atoms with E-state index in [2.05, 4.69) is 9.97 Å². The van der Waals surface area contributed by atoms with Crippen molar-refractivity contribution >= 4 is 39.1 Å². The van der Waals surface area contributed by atoms with E-state index in [0.29, 0.717) is 11.1 Å². The monoisotopic (exact) mass is 332 g/mol. The molecule has 2 heterocycles. The lowest BCUT2D eigenvalue weighted by Crippen LogP contribution is -2.03. The molecule has 22 heavy (non-hydrogen) atoms. The van der Waals surface area contributed by atoms with Gasteiger partial charge in [-0.1, -0.05) is 11.8 Å². The number of aromatic nitrogens is 2. The minimum atomic E-state index is -0.296. The Morgan fingerprint density at radius 1 is 1.27 bits per heavy atom. The maximum absolute atomic E-state index is 13.3. The molecule has 3 nitrogen and oxygen atoms in total. The normalized spacial score (nSPS) is 11.0. The molecule has 0 aliphatic heterocycles. The highest BCUT2D eigenvalue weighted by atomic mass is 32.2. The molecule has 0 fully saturated rings. The highest BCUT2D eigenvalue weighted by Crippen LogP contribution is 2.30. The predicted octanol–water partition coefficient (Wildman–Crippen LogP) is 4.42. The van der Waals surface area contributed by atoms with Crippen LogP contribution in [0.5, 0.6) is 0 Å². The number of carbonyl (C=O) groups excluding carboxylic acids is 1. The van der Waals surface area contributed by atoms with Crippen molar-refractivity contribution in [2.45, 2.75) is 18.9 Å². The second-order valence-electron chi connectivity index (χ2n) is 4.93. The molecule has 0 N–H and O–H groups in total. The van der Waals surface area contributed by atoms with E-state index in [1.54, 1.807) is 24.3 Å². The van der Waals surface area contributed by atoms with Gasteiger partial charge in [0.2, 0.25) is 0 Å². The molecule has 0 unspecified atom stereocenters. The van der Waals surface area contributed by atoms with Crippen LogP contribution in [0.1, 0.15) is 20.8 Å². The molecule has 0 saturated carbocycles. The molecule has 3 rings (SSSR count). The molecule has 0 atom stereocenters. The molecule has 2 aromatic heterocycles. The maximum atomic E-state index is 13.3. The molecule has 0 aliphatic rings. The first-order valence-corrected chi connectivity index (χ1v) is 8.48. The van der Waals surface area contributed by atoms with Crippen molar-refractivity contribution in [2.24, 2.45) is 0 Å². The zero-order chi connectivity index (χ0) is 15.7. The lowest BCUT2D eigenvalue weighted by atomic mass is 10.1. The zero-order valence-corrected chi connectivity index (χ0v) is 13.7. The van der Waals surface area contributed by atoms with Crippen molar-refractivity contribution < 1.29 is 9.18 Å². The average Bonchev–Trinajstić information content (AvgIpc) is 2.88. The van der Waals surface area contributed by atoms with E-state index in [9.17, 15) is 9.18 Å². The molecule has 112 valence electrons. The quantitative estimate of drug-likeness (QED) is 0.403. The van der Waals surface area contributed by atoms with Crippen molar-refractivity contribution in [3.05, 3.63) is 52.4 Å². The average molecular weight is 332 g/mol. The van der Waals surface area contributed by atoms with E-state index < -0.39 is 0 Å². The number of carbonyl (C=O) groups is 1. The van der Waals surface area contributed by atoms with Gasteiger partial charge in [0.25, 0.3) is 0 Å². The fraction of sp³-hybridized carbons (Fsp3) is 0.188. The molecule has 0 spiro atoms. The summed E-state index contributed by atoms with van der Waals surface area (Å²) in [4.78, 5) is 22.8. The summed E-state index contributed by atoms with van der Waals surface area (Å²) in [5.41, 5.74) is 1.01. The van der Waals surface area contributed by atoms with Gasteiger partial charge in [-0.15, -0.1) is 11.3 Å². The molecular weight excluding hydrogens is 319 g/mol. The number of ketones is 1. The Morgan fingerprint density at radius 3 is 2.86 bits per heavy atom. The van der Waals surface area contributed by atoms with Crippen LogP contribution in [0.15, 0.2) is 35.6 Å². The summed E-state index contributed by atoms with van der Waals surface area (Å²) < 4.78 is 13.3. The van der Waals surface area contributed by atoms with E-state index in [4.69, 9.17) is 0 Å². The zero-order valence-electron chi connectivity index (χ0n) is 12.1. The standard InChI is InChI=1S/C16H13FN2OS2/c1-9-5-11(3-4-13(9)17)14(20)7-21-15-12-6-10(2)22-16(12)19-8-18-15/h3-6,8H,7H2,1-2H3. The summed E-state index contributed by atoms with van der Waals surface area (Å²) in [5, 5.41) is 1.79. The van der Waals surface area contributed by atoms with Crippen molar-refractivity contribution in [3.8, 4) is 0 Å². The Hall–Kier alpha value is -1.79. The van der Waals surface area contributed by atoms with Crippen LogP contribution >= 0.6 is 23.1 Å². The van der Waals surface area contributed by atoms with Crippen LogP contribution in [0.2, 0.25) is 0 Å². The van der Waals surface area contributed by atoms with Gasteiger partial charge in [-0.2, -0.15) is 0 Å². The maximum Gasteiger partial charge on any atom is 0.173 e. The van der Waals surface area contributed by atoms with Crippen molar-refractivity contribution in [2.75, 3.05) is 5.75 Å². The van der Waals surface area contributed by atoms with Gasteiger partial charge in [-0.05, 0) is 43.7 Å². The molecular formula is C16H13FN2OS2. The summed E-state index contributed by atoms with van der Waals surface area (Å²) in [5.74, 6) is -0.0613. The first-order valence-electron chi connectivity index (χ1n) is 6.68. The second kappa shape index (κ2) is 6.14. The summed E-state index contributed by atoms with van der Waals surface area (Å²) >= 11 is 3.00. The molecule has 0 bridgehead atoms. The lowest BCUT2D eigenvalue weighted by molar-refractivity contribution is 0.102. The molecule has 3 aromatic rings. The summed E-state index contributed by atoms with van der Waals surface area (Å²) in [6.07, 6.45) is 1.52.